The van der Waals surface area contributed by atoms with Crippen molar-refractivity contribution in [1.82, 2.24) is 24.4 Å². The number of aromatic nitrogens is 4. The molecule has 3 aromatic carbocycles. The lowest BCUT2D eigenvalue weighted by Gasteiger charge is -2.32. The summed E-state index contributed by atoms with van der Waals surface area (Å²) in [6.45, 7) is 2.99. The Morgan fingerprint density at radius 2 is 1.69 bits per heavy atom. The fourth-order valence-electron chi connectivity index (χ4n) is 5.47. The molecule has 3 heterocycles. The maximum absolute atomic E-state index is 14.2. The Kier molecular flexibility index (Phi) is 6.12. The lowest BCUT2D eigenvalue weighted by molar-refractivity contribution is 0.0713. The summed E-state index contributed by atoms with van der Waals surface area (Å²) in [5, 5.41) is 0. The van der Waals surface area contributed by atoms with Crippen LogP contribution in [0.25, 0.3) is 22.1 Å². The van der Waals surface area contributed by atoms with Crippen molar-refractivity contribution in [2.45, 2.75) is 31.6 Å². The van der Waals surface area contributed by atoms with Crippen molar-refractivity contribution in [2.24, 2.45) is 7.05 Å². The van der Waals surface area contributed by atoms with Crippen molar-refractivity contribution >= 4 is 28.0 Å². The van der Waals surface area contributed by atoms with Gasteiger partial charge in [0, 0.05) is 31.8 Å². The number of imidazole rings is 2. The van der Waals surface area contributed by atoms with Gasteiger partial charge in [0.2, 0.25) is 0 Å². The van der Waals surface area contributed by atoms with Crippen LogP contribution in [0, 0.1) is 23.3 Å². The average molecular weight is 536 g/mol. The van der Waals surface area contributed by atoms with E-state index in [-0.39, 0.29) is 29.0 Å². The van der Waals surface area contributed by atoms with Crippen LogP contribution in [0.1, 0.15) is 59.2 Å². The summed E-state index contributed by atoms with van der Waals surface area (Å²) in [5.41, 5.74) is 2.40. The first kappa shape index (κ1) is 25.1. The Labute approximate surface area is 221 Å². The van der Waals surface area contributed by atoms with Crippen LogP contribution in [0.4, 0.5) is 17.6 Å². The van der Waals surface area contributed by atoms with Gasteiger partial charge in [-0.3, -0.25) is 4.79 Å². The SMILES string of the molecule is CC(c1nc2c(F)c(F)cc(F)c2[nH]1)c1nc2ccc(C(=O)N3CCC(c4ccc(F)cc4)CC3)cc2n1C. The van der Waals surface area contributed by atoms with E-state index in [0.717, 1.165) is 23.9 Å². The molecule has 1 unspecified atom stereocenters. The number of hydrogen-bond donors (Lipinski definition) is 1. The molecule has 200 valence electrons. The van der Waals surface area contributed by atoms with Crippen molar-refractivity contribution in [3.63, 3.8) is 0 Å². The Hall–Kier alpha value is -4.21. The molecule has 2 aromatic heterocycles. The molecule has 6 nitrogen and oxygen atoms in total. The zero-order valence-corrected chi connectivity index (χ0v) is 21.3. The average Bonchev–Trinajstić information content (AvgIpc) is 3.54. The molecule has 0 bridgehead atoms. The highest BCUT2D eigenvalue weighted by molar-refractivity contribution is 5.97. The van der Waals surface area contributed by atoms with E-state index in [1.54, 1.807) is 32.2 Å². The maximum atomic E-state index is 14.2. The van der Waals surface area contributed by atoms with Gasteiger partial charge in [0.05, 0.1) is 17.0 Å². The van der Waals surface area contributed by atoms with E-state index in [0.29, 0.717) is 36.1 Å². The largest absolute Gasteiger partial charge is 0.339 e. The molecule has 5 aromatic rings. The minimum absolute atomic E-state index is 0.0736. The number of nitrogens with zero attached hydrogens (tertiary/aromatic N) is 4. The fourth-order valence-corrected chi connectivity index (χ4v) is 5.47. The second-order valence-corrected chi connectivity index (χ2v) is 10.1. The number of halogens is 4. The van der Waals surface area contributed by atoms with Gasteiger partial charge in [-0.05, 0) is 61.6 Å². The molecule has 1 fully saturated rings. The smallest absolute Gasteiger partial charge is 0.253 e. The van der Waals surface area contributed by atoms with Crippen LogP contribution in [-0.2, 0) is 7.05 Å². The number of piperidine rings is 1. The fraction of sp³-hybridized carbons (Fsp3) is 0.276. The summed E-state index contributed by atoms with van der Waals surface area (Å²) in [5.74, 6) is -3.18. The number of hydrogen-bond acceptors (Lipinski definition) is 3. The van der Waals surface area contributed by atoms with Gasteiger partial charge in [-0.2, -0.15) is 0 Å². The Balaban J connectivity index is 1.23. The van der Waals surface area contributed by atoms with E-state index >= 15 is 0 Å². The van der Waals surface area contributed by atoms with Crippen molar-refractivity contribution in [1.29, 1.82) is 0 Å². The van der Waals surface area contributed by atoms with Gasteiger partial charge in [0.25, 0.3) is 5.91 Å². The van der Waals surface area contributed by atoms with E-state index in [4.69, 9.17) is 0 Å². The number of H-pyrrole nitrogens is 1. The molecular formula is C29H25F4N5O. The Bertz CT molecular complexity index is 1720. The number of benzene rings is 3. The molecule has 0 saturated carbocycles. The molecule has 1 aliphatic rings. The normalized spacial score (nSPS) is 15.4. The van der Waals surface area contributed by atoms with Crippen LogP contribution >= 0.6 is 0 Å². The standard InChI is InChI=1S/C29H25F4N5O/c1-15(27-35-25-21(32)14-20(31)24(33)26(25)36-27)28-34-22-8-5-18(13-23(22)37(28)2)29(39)38-11-9-17(10-12-38)16-3-6-19(30)7-4-16/h3-8,13-15,17H,9-12H2,1-2H3,(H,35,36). The van der Waals surface area contributed by atoms with Crippen molar-refractivity contribution in [2.75, 3.05) is 13.1 Å². The topological polar surface area (TPSA) is 66.8 Å². The van der Waals surface area contributed by atoms with E-state index in [2.05, 4.69) is 15.0 Å². The summed E-state index contributed by atoms with van der Waals surface area (Å²) in [6.07, 6.45) is 1.60. The molecule has 1 N–H and O–H groups in total. The summed E-state index contributed by atoms with van der Waals surface area (Å²) >= 11 is 0. The molecule has 0 radical (unpaired) electrons. The molecule has 1 aliphatic heterocycles. The highest BCUT2D eigenvalue weighted by Crippen LogP contribution is 2.31. The predicted octanol–water partition coefficient (Wildman–Crippen LogP) is 6.18. The minimum atomic E-state index is -1.30. The molecule has 6 rings (SSSR count). The second kappa shape index (κ2) is 9.52. The molecule has 10 heteroatoms. The molecule has 0 aliphatic carbocycles. The molecule has 39 heavy (non-hydrogen) atoms. The van der Waals surface area contributed by atoms with Crippen LogP contribution in [-0.4, -0.2) is 43.4 Å². The van der Waals surface area contributed by atoms with Crippen LogP contribution in [0.15, 0.2) is 48.5 Å². The van der Waals surface area contributed by atoms with Gasteiger partial charge in [-0.15, -0.1) is 0 Å². The second-order valence-electron chi connectivity index (χ2n) is 10.1. The Morgan fingerprint density at radius 3 is 2.41 bits per heavy atom. The monoisotopic (exact) mass is 535 g/mol. The lowest BCUT2D eigenvalue weighted by Crippen LogP contribution is -2.37. The number of likely N-dealkylation sites (tertiary alicyclic amines) is 1. The van der Waals surface area contributed by atoms with Crippen LogP contribution in [0.3, 0.4) is 0 Å². The first-order valence-corrected chi connectivity index (χ1v) is 12.8. The van der Waals surface area contributed by atoms with E-state index in [1.807, 2.05) is 21.6 Å². The summed E-state index contributed by atoms with van der Waals surface area (Å²) in [7, 11) is 1.80. The van der Waals surface area contributed by atoms with Crippen molar-refractivity contribution in [3.05, 3.63) is 94.6 Å². The van der Waals surface area contributed by atoms with Crippen LogP contribution in [0.2, 0.25) is 0 Å². The number of fused-ring (bicyclic) bond motifs is 2. The number of carbonyl (C=O) groups excluding carboxylic acids is 1. The number of aryl methyl sites for hydroxylation is 1. The summed E-state index contributed by atoms with van der Waals surface area (Å²) in [4.78, 5) is 26.7. The Morgan fingerprint density at radius 1 is 0.974 bits per heavy atom. The molecule has 1 saturated heterocycles. The highest BCUT2D eigenvalue weighted by Gasteiger charge is 2.26. The van der Waals surface area contributed by atoms with Crippen molar-refractivity contribution < 1.29 is 22.4 Å². The third kappa shape index (κ3) is 4.33. The predicted molar refractivity (Wildman–Crippen MR) is 138 cm³/mol. The molecule has 1 amide bonds. The summed E-state index contributed by atoms with van der Waals surface area (Å²) in [6, 6.07) is 12.4. The number of rotatable bonds is 4. The van der Waals surface area contributed by atoms with E-state index < -0.39 is 28.9 Å². The van der Waals surface area contributed by atoms with Crippen molar-refractivity contribution in [3.8, 4) is 0 Å². The van der Waals surface area contributed by atoms with Gasteiger partial charge in [-0.1, -0.05) is 12.1 Å². The number of nitrogens with one attached hydrogen (secondary N) is 1. The maximum Gasteiger partial charge on any atom is 0.253 e. The first-order valence-electron chi connectivity index (χ1n) is 12.8. The summed E-state index contributed by atoms with van der Waals surface area (Å²) < 4.78 is 57.2. The third-order valence-electron chi connectivity index (χ3n) is 7.72. The zero-order valence-electron chi connectivity index (χ0n) is 21.3. The lowest BCUT2D eigenvalue weighted by atomic mass is 9.89. The number of aromatic amines is 1. The first-order chi connectivity index (χ1) is 18.7. The third-order valence-corrected chi connectivity index (χ3v) is 7.72. The molecule has 1 atom stereocenters. The van der Waals surface area contributed by atoms with Gasteiger partial charge in [0.1, 0.15) is 28.5 Å². The zero-order chi connectivity index (χ0) is 27.4. The van der Waals surface area contributed by atoms with E-state index in [9.17, 15) is 22.4 Å². The van der Waals surface area contributed by atoms with Crippen LogP contribution in [0.5, 0.6) is 0 Å². The van der Waals surface area contributed by atoms with Gasteiger partial charge in [-0.25, -0.2) is 27.5 Å². The highest BCUT2D eigenvalue weighted by atomic mass is 19.2. The molecule has 0 spiro atoms. The van der Waals surface area contributed by atoms with Gasteiger partial charge >= 0.3 is 0 Å². The quantitative estimate of drug-likeness (QED) is 0.221. The van der Waals surface area contributed by atoms with Gasteiger partial charge < -0.3 is 14.5 Å². The van der Waals surface area contributed by atoms with Gasteiger partial charge in [0.15, 0.2) is 17.5 Å². The van der Waals surface area contributed by atoms with E-state index in [1.165, 1.54) is 12.1 Å². The number of carbonyl (C=O) groups is 1. The van der Waals surface area contributed by atoms with Crippen LogP contribution < -0.4 is 0 Å². The molecular weight excluding hydrogens is 510 g/mol. The number of amides is 1. The minimum Gasteiger partial charge on any atom is -0.339 e.